The van der Waals surface area contributed by atoms with Crippen LogP contribution in [0.2, 0.25) is 0 Å². The van der Waals surface area contributed by atoms with Crippen LogP contribution in [-0.2, 0) is 10.2 Å². The molecule has 0 unspecified atom stereocenters. The third-order valence-corrected chi connectivity index (χ3v) is 6.59. The summed E-state index contributed by atoms with van der Waals surface area (Å²) in [4.78, 5) is 14.9. The maximum atomic E-state index is 12.6. The van der Waals surface area contributed by atoms with E-state index in [1.807, 2.05) is 18.2 Å². The number of anilines is 1. The number of nitrogens with zero attached hydrogens (tertiary/aromatic N) is 1. The van der Waals surface area contributed by atoms with Gasteiger partial charge in [-0.05, 0) is 42.3 Å². The maximum Gasteiger partial charge on any atom is 0.223 e. The van der Waals surface area contributed by atoms with Gasteiger partial charge >= 0.3 is 0 Å². The van der Waals surface area contributed by atoms with Crippen molar-refractivity contribution in [2.24, 2.45) is 0 Å². The minimum atomic E-state index is -0.668. The van der Waals surface area contributed by atoms with Gasteiger partial charge in [-0.2, -0.15) is 0 Å². The molecule has 164 valence electrons. The lowest BCUT2D eigenvalue weighted by molar-refractivity contribution is -0.124. The van der Waals surface area contributed by atoms with E-state index in [0.29, 0.717) is 30.2 Å². The number of amides is 1. The molecule has 6 heteroatoms. The van der Waals surface area contributed by atoms with Gasteiger partial charge in [0.1, 0.15) is 5.66 Å². The van der Waals surface area contributed by atoms with Crippen LogP contribution in [0.5, 0.6) is 17.2 Å². The number of fused-ring (bicyclic) bond motifs is 3. The smallest absolute Gasteiger partial charge is 0.223 e. The second-order valence-electron chi connectivity index (χ2n) is 8.65. The summed E-state index contributed by atoms with van der Waals surface area (Å²) in [7, 11) is 4.79. The molecular formula is C25H30N2O4. The van der Waals surface area contributed by atoms with Gasteiger partial charge in [-0.25, -0.2) is 0 Å². The largest absolute Gasteiger partial charge is 0.493 e. The first kappa shape index (κ1) is 21.1. The lowest BCUT2D eigenvalue weighted by Crippen LogP contribution is -2.68. The van der Waals surface area contributed by atoms with Crippen molar-refractivity contribution in [3.05, 3.63) is 53.1 Å². The van der Waals surface area contributed by atoms with E-state index in [9.17, 15) is 4.79 Å². The van der Waals surface area contributed by atoms with Gasteiger partial charge in [-0.3, -0.25) is 4.79 Å². The Kier molecular flexibility index (Phi) is 5.12. The van der Waals surface area contributed by atoms with Gasteiger partial charge in [0.05, 0.1) is 21.3 Å². The predicted octanol–water partition coefficient (Wildman–Crippen LogP) is 4.05. The number of hydrogen-bond donors (Lipinski definition) is 1. The Labute approximate surface area is 183 Å². The van der Waals surface area contributed by atoms with Crippen LogP contribution in [0.3, 0.4) is 0 Å². The molecule has 1 N–H and O–H groups in total. The quantitative estimate of drug-likeness (QED) is 0.788. The molecule has 0 bridgehead atoms. The first-order valence-corrected chi connectivity index (χ1v) is 10.5. The molecule has 0 spiro atoms. The van der Waals surface area contributed by atoms with E-state index in [1.165, 1.54) is 16.8 Å². The fourth-order valence-corrected chi connectivity index (χ4v) is 4.88. The van der Waals surface area contributed by atoms with Crippen LogP contribution in [0.1, 0.15) is 37.0 Å². The first-order chi connectivity index (χ1) is 14.8. The van der Waals surface area contributed by atoms with Crippen LogP contribution in [0.15, 0.2) is 36.4 Å². The molecule has 0 saturated carbocycles. The Balaban J connectivity index is 1.84. The molecule has 1 amide bonds. The van der Waals surface area contributed by atoms with E-state index in [-0.39, 0.29) is 11.3 Å². The lowest BCUT2D eigenvalue weighted by Gasteiger charge is -2.49. The summed E-state index contributed by atoms with van der Waals surface area (Å²) in [6.07, 6.45) is 4.59. The Morgan fingerprint density at radius 3 is 2.32 bits per heavy atom. The van der Waals surface area contributed by atoms with Crippen LogP contribution in [-0.4, -0.2) is 39.4 Å². The summed E-state index contributed by atoms with van der Waals surface area (Å²) in [6.45, 7) is 7.16. The van der Waals surface area contributed by atoms with E-state index in [2.05, 4.69) is 55.3 Å². The summed E-state index contributed by atoms with van der Waals surface area (Å²) in [5, 5.41) is 3.31. The molecule has 2 aliphatic heterocycles. The highest BCUT2D eigenvalue weighted by molar-refractivity contribution is 5.85. The number of ether oxygens (including phenoxy) is 3. The Bertz CT molecular complexity index is 1030. The van der Waals surface area contributed by atoms with E-state index < -0.39 is 5.66 Å². The average Bonchev–Trinajstić information content (AvgIpc) is 2.94. The van der Waals surface area contributed by atoms with Crippen LogP contribution < -0.4 is 24.4 Å². The topological polar surface area (TPSA) is 60.0 Å². The fraction of sp³-hybridized carbons (Fsp3) is 0.400. The fourth-order valence-electron chi connectivity index (χ4n) is 4.88. The number of methoxy groups -OCH3 is 3. The zero-order valence-electron chi connectivity index (χ0n) is 19.0. The van der Waals surface area contributed by atoms with Gasteiger partial charge in [-0.1, -0.05) is 37.6 Å². The molecule has 2 aromatic carbocycles. The average molecular weight is 423 g/mol. The van der Waals surface area contributed by atoms with E-state index in [4.69, 9.17) is 14.2 Å². The summed E-state index contributed by atoms with van der Waals surface area (Å²) >= 11 is 0. The third-order valence-electron chi connectivity index (χ3n) is 6.59. The van der Waals surface area contributed by atoms with E-state index in [1.54, 1.807) is 21.3 Å². The van der Waals surface area contributed by atoms with Gasteiger partial charge in [0, 0.05) is 24.1 Å². The maximum absolute atomic E-state index is 12.6. The normalized spacial score (nSPS) is 21.5. The SMILES string of the molecule is COc1cc(/C=C/[C@@]23NC(=O)CCN2c2ccc(C)cc2C3(C)C)cc(OC)c1OC. The Hall–Kier alpha value is -3.15. The molecule has 0 aliphatic carbocycles. The number of benzene rings is 2. The first-order valence-electron chi connectivity index (χ1n) is 10.5. The highest BCUT2D eigenvalue weighted by Crippen LogP contribution is 2.52. The molecule has 6 nitrogen and oxygen atoms in total. The van der Waals surface area contributed by atoms with Crippen molar-refractivity contribution in [1.82, 2.24) is 5.32 Å². The van der Waals surface area contributed by atoms with Crippen LogP contribution in [0, 0.1) is 6.92 Å². The second-order valence-corrected chi connectivity index (χ2v) is 8.65. The molecule has 1 saturated heterocycles. The van der Waals surface area contributed by atoms with E-state index in [0.717, 1.165) is 5.56 Å². The Morgan fingerprint density at radius 1 is 1.03 bits per heavy atom. The monoisotopic (exact) mass is 422 g/mol. The zero-order chi connectivity index (χ0) is 22.4. The van der Waals surface area contributed by atoms with Crippen molar-refractivity contribution >= 4 is 17.7 Å². The molecule has 0 aromatic heterocycles. The molecule has 0 radical (unpaired) electrons. The van der Waals surface area contributed by atoms with Gasteiger partial charge < -0.3 is 24.4 Å². The predicted molar refractivity (Wildman–Crippen MR) is 122 cm³/mol. The molecule has 2 aromatic rings. The molecule has 1 atom stereocenters. The van der Waals surface area contributed by atoms with Crippen LogP contribution in [0.4, 0.5) is 5.69 Å². The van der Waals surface area contributed by atoms with Gasteiger partial charge in [-0.15, -0.1) is 0 Å². The molecular weight excluding hydrogens is 392 g/mol. The lowest BCUT2D eigenvalue weighted by atomic mass is 9.74. The number of rotatable bonds is 5. The van der Waals surface area contributed by atoms with Crippen molar-refractivity contribution < 1.29 is 19.0 Å². The van der Waals surface area contributed by atoms with Gasteiger partial charge in [0.2, 0.25) is 11.7 Å². The molecule has 4 rings (SSSR count). The number of carbonyl (C=O) groups excluding carboxylic acids is 1. The van der Waals surface area contributed by atoms with Gasteiger partial charge in [0.25, 0.3) is 0 Å². The minimum Gasteiger partial charge on any atom is -0.493 e. The zero-order valence-corrected chi connectivity index (χ0v) is 19.0. The second kappa shape index (κ2) is 7.52. The molecule has 31 heavy (non-hydrogen) atoms. The van der Waals surface area contributed by atoms with Crippen LogP contribution >= 0.6 is 0 Å². The highest BCUT2D eigenvalue weighted by atomic mass is 16.5. The highest BCUT2D eigenvalue weighted by Gasteiger charge is 2.57. The minimum absolute atomic E-state index is 0.0587. The third kappa shape index (κ3) is 3.12. The van der Waals surface area contributed by atoms with Gasteiger partial charge in [0.15, 0.2) is 11.5 Å². The standard InChI is InChI=1S/C25H30N2O4/c1-16-7-8-19-18(13-16)24(2,3)25(26-22(28)10-12-27(19)25)11-9-17-14-20(29-4)23(31-6)21(15-17)30-5/h7-9,11,13-15H,10,12H2,1-6H3,(H,26,28)/b11-9+/t25-/m1/s1. The Morgan fingerprint density at radius 2 is 1.71 bits per heavy atom. The summed E-state index contributed by atoms with van der Waals surface area (Å²) in [6, 6.07) is 10.3. The number of aryl methyl sites for hydroxylation is 1. The molecule has 1 fully saturated rings. The summed E-state index contributed by atoms with van der Waals surface area (Å²) < 4.78 is 16.4. The van der Waals surface area contributed by atoms with Crippen LogP contribution in [0.25, 0.3) is 6.08 Å². The molecule has 2 heterocycles. The van der Waals surface area contributed by atoms with Crippen molar-refractivity contribution in [3.63, 3.8) is 0 Å². The van der Waals surface area contributed by atoms with Crippen molar-refractivity contribution in [1.29, 1.82) is 0 Å². The summed E-state index contributed by atoms with van der Waals surface area (Å²) in [5.41, 5.74) is 3.52. The summed E-state index contributed by atoms with van der Waals surface area (Å²) in [5.74, 6) is 1.79. The number of hydrogen-bond acceptors (Lipinski definition) is 5. The van der Waals surface area contributed by atoms with Crippen molar-refractivity contribution in [3.8, 4) is 17.2 Å². The van der Waals surface area contributed by atoms with Crippen molar-refractivity contribution in [2.45, 2.75) is 38.3 Å². The van der Waals surface area contributed by atoms with E-state index >= 15 is 0 Å². The molecule has 2 aliphatic rings. The van der Waals surface area contributed by atoms with Crippen molar-refractivity contribution in [2.75, 3.05) is 32.8 Å². The number of carbonyl (C=O) groups is 1. The number of nitrogens with one attached hydrogen (secondary N) is 1.